The van der Waals surface area contributed by atoms with Gasteiger partial charge in [0.25, 0.3) is 16.8 Å². The highest BCUT2D eigenvalue weighted by Crippen LogP contribution is 2.35. The molecule has 1 saturated heterocycles. The second-order valence-electron chi connectivity index (χ2n) is 9.12. The molecule has 0 aliphatic carbocycles. The number of aromatic nitrogens is 1. The highest BCUT2D eigenvalue weighted by Gasteiger charge is 2.35. The normalized spacial score (nSPS) is 15.2. The van der Waals surface area contributed by atoms with E-state index < -0.39 is 16.1 Å². The van der Waals surface area contributed by atoms with E-state index in [1.165, 1.54) is 24.3 Å². The maximum Gasteiger partial charge on any atom is 0.293 e. The summed E-state index contributed by atoms with van der Waals surface area (Å²) in [4.78, 5) is 50.4. The molecule has 39 heavy (non-hydrogen) atoms. The van der Waals surface area contributed by atoms with Crippen LogP contribution in [-0.4, -0.2) is 31.4 Å². The number of hydrogen-bond acceptors (Lipinski definition) is 6. The van der Waals surface area contributed by atoms with E-state index in [9.17, 15) is 24.5 Å². The summed E-state index contributed by atoms with van der Waals surface area (Å²) in [7, 11) is 0. The van der Waals surface area contributed by atoms with Crippen LogP contribution in [0, 0.1) is 10.1 Å². The average molecular weight is 541 g/mol. The fourth-order valence-electron chi connectivity index (χ4n) is 4.47. The van der Waals surface area contributed by atoms with Crippen molar-refractivity contribution in [3.8, 4) is 0 Å². The Kier molecular flexibility index (Phi) is 7.29. The van der Waals surface area contributed by atoms with Crippen molar-refractivity contribution < 1.29 is 19.3 Å². The molecule has 1 fully saturated rings. The molecule has 2 heterocycles. The van der Waals surface area contributed by atoms with E-state index in [4.69, 9.17) is 0 Å². The maximum absolute atomic E-state index is 13.1. The highest BCUT2D eigenvalue weighted by atomic mass is 32.2. The summed E-state index contributed by atoms with van der Waals surface area (Å²) < 4.78 is 1.83. The molecule has 0 bridgehead atoms. The molecule has 0 saturated carbocycles. The molecule has 1 atom stereocenters. The van der Waals surface area contributed by atoms with Gasteiger partial charge in [-0.1, -0.05) is 60.7 Å². The van der Waals surface area contributed by atoms with Gasteiger partial charge in [0.1, 0.15) is 6.54 Å². The van der Waals surface area contributed by atoms with Gasteiger partial charge < -0.3 is 9.88 Å². The molecule has 9 nitrogen and oxygen atoms in total. The van der Waals surface area contributed by atoms with Crippen LogP contribution in [0.2, 0.25) is 0 Å². The molecule has 3 amide bonds. The first-order valence-electron chi connectivity index (χ1n) is 12.2. The van der Waals surface area contributed by atoms with Gasteiger partial charge in [-0.2, -0.15) is 0 Å². The Balaban J connectivity index is 1.35. The third-order valence-corrected chi connectivity index (χ3v) is 7.37. The van der Waals surface area contributed by atoms with Crippen LogP contribution in [0.25, 0.3) is 17.0 Å². The maximum atomic E-state index is 13.1. The zero-order valence-corrected chi connectivity index (χ0v) is 21.8. The first-order chi connectivity index (χ1) is 18.8. The summed E-state index contributed by atoms with van der Waals surface area (Å²) in [5.41, 5.74) is 3.10. The molecule has 1 N–H and O–H groups in total. The number of fused-ring (bicyclic) bond motifs is 1. The van der Waals surface area contributed by atoms with Crippen molar-refractivity contribution in [1.82, 2.24) is 14.8 Å². The number of imide groups is 1. The van der Waals surface area contributed by atoms with Crippen LogP contribution in [0.1, 0.15) is 29.7 Å². The zero-order chi connectivity index (χ0) is 27.5. The van der Waals surface area contributed by atoms with Crippen LogP contribution in [0.5, 0.6) is 0 Å². The van der Waals surface area contributed by atoms with Gasteiger partial charge in [-0.3, -0.25) is 29.4 Å². The van der Waals surface area contributed by atoms with Gasteiger partial charge in [0, 0.05) is 34.8 Å². The van der Waals surface area contributed by atoms with Crippen molar-refractivity contribution in [2.24, 2.45) is 0 Å². The van der Waals surface area contributed by atoms with Crippen molar-refractivity contribution in [3.63, 3.8) is 0 Å². The predicted octanol–water partition coefficient (Wildman–Crippen LogP) is 5.66. The lowest BCUT2D eigenvalue weighted by Gasteiger charge is -2.15. The molecule has 0 spiro atoms. The van der Waals surface area contributed by atoms with Crippen molar-refractivity contribution >= 4 is 51.5 Å². The molecule has 196 valence electrons. The summed E-state index contributed by atoms with van der Waals surface area (Å²) in [5.74, 6) is -0.586. The van der Waals surface area contributed by atoms with Gasteiger partial charge in [0.15, 0.2) is 0 Å². The molecule has 4 aromatic rings. The zero-order valence-electron chi connectivity index (χ0n) is 20.9. The van der Waals surface area contributed by atoms with Crippen LogP contribution in [-0.2, 0) is 22.7 Å². The number of rotatable bonds is 8. The number of benzene rings is 3. The Labute approximate surface area is 228 Å². The minimum absolute atomic E-state index is 0.0154. The fraction of sp³-hybridized carbons (Fsp3) is 0.138. The number of carbonyl (C=O) groups is 3. The van der Waals surface area contributed by atoms with Crippen LogP contribution in [0.4, 0.5) is 10.5 Å². The summed E-state index contributed by atoms with van der Waals surface area (Å²) in [6, 6.07) is 22.9. The van der Waals surface area contributed by atoms with Crippen molar-refractivity contribution in [1.29, 1.82) is 0 Å². The monoisotopic (exact) mass is 540 g/mol. The Morgan fingerprint density at radius 2 is 1.72 bits per heavy atom. The second-order valence-corrected chi connectivity index (χ2v) is 10.1. The number of nitro groups is 1. The predicted molar refractivity (Wildman–Crippen MR) is 150 cm³/mol. The Bertz CT molecular complexity index is 1610. The summed E-state index contributed by atoms with van der Waals surface area (Å²) in [6.07, 6.45) is 3.48. The van der Waals surface area contributed by atoms with Crippen molar-refractivity contribution in [2.45, 2.75) is 26.1 Å². The Morgan fingerprint density at radius 3 is 2.44 bits per heavy atom. The van der Waals surface area contributed by atoms with E-state index in [2.05, 4.69) is 5.32 Å². The summed E-state index contributed by atoms with van der Waals surface area (Å²) in [5, 5.41) is 14.3. The largest absolute Gasteiger partial charge is 0.348 e. The Morgan fingerprint density at radius 1 is 1.03 bits per heavy atom. The van der Waals surface area contributed by atoms with Gasteiger partial charge in [-0.25, -0.2) is 0 Å². The molecule has 3 aromatic carbocycles. The molecule has 5 rings (SSSR count). The lowest BCUT2D eigenvalue weighted by molar-refractivity contribution is -0.384. The van der Waals surface area contributed by atoms with E-state index in [1.54, 1.807) is 6.08 Å². The first kappa shape index (κ1) is 25.9. The lowest BCUT2D eigenvalue weighted by atomic mass is 10.1. The lowest BCUT2D eigenvalue weighted by Crippen LogP contribution is -2.29. The van der Waals surface area contributed by atoms with E-state index >= 15 is 0 Å². The number of non-ortho nitro benzene ring substituents is 1. The van der Waals surface area contributed by atoms with Gasteiger partial charge in [0.05, 0.1) is 22.4 Å². The molecule has 1 aliphatic heterocycles. The fourth-order valence-corrected chi connectivity index (χ4v) is 5.30. The minimum Gasteiger partial charge on any atom is -0.348 e. The average Bonchev–Trinajstić information content (AvgIpc) is 3.41. The molecule has 1 unspecified atom stereocenters. The number of amides is 3. The highest BCUT2D eigenvalue weighted by molar-refractivity contribution is 8.18. The third-order valence-electron chi connectivity index (χ3n) is 6.46. The third kappa shape index (κ3) is 5.60. The summed E-state index contributed by atoms with van der Waals surface area (Å²) in [6.45, 7) is 2.04. The molecule has 0 radical (unpaired) electrons. The smallest absolute Gasteiger partial charge is 0.293 e. The number of nitrogens with zero attached hydrogens (tertiary/aromatic N) is 3. The van der Waals surface area contributed by atoms with Crippen LogP contribution in [0.3, 0.4) is 0 Å². The minimum atomic E-state index is -0.503. The van der Waals surface area contributed by atoms with E-state index in [0.29, 0.717) is 5.56 Å². The van der Waals surface area contributed by atoms with E-state index in [0.717, 1.165) is 38.7 Å². The molecule has 1 aromatic heterocycles. The summed E-state index contributed by atoms with van der Waals surface area (Å²) >= 11 is 0.843. The first-order valence-corrected chi connectivity index (χ1v) is 13.0. The van der Waals surface area contributed by atoms with E-state index in [1.807, 2.05) is 72.3 Å². The number of nitro benzene ring substituents is 1. The number of nitrogens with one attached hydrogen (secondary N) is 1. The topological polar surface area (TPSA) is 115 Å². The molecular weight excluding hydrogens is 516 g/mol. The number of carbonyl (C=O) groups excluding carboxylic acids is 3. The van der Waals surface area contributed by atoms with Gasteiger partial charge >= 0.3 is 0 Å². The van der Waals surface area contributed by atoms with Gasteiger partial charge in [-0.15, -0.1) is 0 Å². The Hall–Kier alpha value is -4.70. The van der Waals surface area contributed by atoms with Crippen LogP contribution < -0.4 is 5.32 Å². The standard InChI is InChI=1S/C29H24N4O5S/c1-19(21-7-3-2-4-8-21)30-27(34)18-31-17-22(24-9-5-6-10-25(24)31)15-26-28(35)32(29(36)39-26)16-20-11-13-23(14-12-20)33(37)38/h2-15,17,19H,16,18H2,1H3,(H,30,34)/b26-15-. The van der Waals surface area contributed by atoms with Gasteiger partial charge in [0.2, 0.25) is 5.91 Å². The quantitative estimate of drug-likeness (QED) is 0.175. The van der Waals surface area contributed by atoms with E-state index in [-0.39, 0.29) is 35.6 Å². The van der Waals surface area contributed by atoms with Crippen LogP contribution >= 0.6 is 11.8 Å². The van der Waals surface area contributed by atoms with Crippen molar-refractivity contribution in [3.05, 3.63) is 117 Å². The SMILES string of the molecule is CC(NC(=O)Cn1cc(/C=C2\SC(=O)N(Cc3ccc([N+](=O)[O-])cc3)C2=O)c2ccccc21)c1ccccc1. The number of thioether (sulfide) groups is 1. The number of para-hydroxylation sites is 1. The second kappa shape index (κ2) is 11.0. The molecule has 1 aliphatic rings. The van der Waals surface area contributed by atoms with Gasteiger partial charge in [-0.05, 0) is 42.0 Å². The number of hydrogen-bond donors (Lipinski definition) is 1. The molecular formula is C29H24N4O5S. The molecule has 10 heteroatoms. The van der Waals surface area contributed by atoms with Crippen LogP contribution in [0.15, 0.2) is 90.0 Å². The van der Waals surface area contributed by atoms with Crippen molar-refractivity contribution in [2.75, 3.05) is 0 Å².